The van der Waals surface area contributed by atoms with Crippen LogP contribution in [-0.2, 0) is 0 Å². The molecule has 3 aliphatic heterocycles. The van der Waals surface area contributed by atoms with Gasteiger partial charge in [-0.1, -0.05) is 6.08 Å². The lowest BCUT2D eigenvalue weighted by Crippen LogP contribution is -2.39. The van der Waals surface area contributed by atoms with Gasteiger partial charge in [0.05, 0.1) is 0 Å². The first-order valence-corrected chi connectivity index (χ1v) is 7.52. The molecule has 5 heteroatoms. The molecule has 1 saturated heterocycles. The van der Waals surface area contributed by atoms with E-state index in [1.165, 1.54) is 0 Å². The second-order valence-corrected chi connectivity index (χ2v) is 5.91. The van der Waals surface area contributed by atoms with Crippen LogP contribution in [0.15, 0.2) is 18.2 Å². The molecule has 1 fully saturated rings. The number of ether oxygens (including phenoxy) is 3. The first-order valence-electron chi connectivity index (χ1n) is 7.52. The number of hydrogen-bond acceptors (Lipinski definition) is 5. The number of hydrogen-bond donors (Lipinski definition) is 1. The maximum absolute atomic E-state index is 6.32. The van der Waals surface area contributed by atoms with Crippen LogP contribution in [0.4, 0.5) is 0 Å². The van der Waals surface area contributed by atoms with Crippen molar-refractivity contribution in [3.8, 4) is 17.2 Å². The highest BCUT2D eigenvalue weighted by Gasteiger charge is 2.40. The number of likely N-dealkylation sites (tertiary alicyclic amines) is 1. The van der Waals surface area contributed by atoms with Gasteiger partial charge in [0, 0.05) is 31.1 Å². The van der Waals surface area contributed by atoms with Gasteiger partial charge >= 0.3 is 0 Å². The zero-order valence-corrected chi connectivity index (χ0v) is 12.0. The Morgan fingerprint density at radius 3 is 2.90 bits per heavy atom. The first-order chi connectivity index (χ1) is 10.3. The fourth-order valence-corrected chi connectivity index (χ4v) is 3.26. The second kappa shape index (κ2) is 4.93. The van der Waals surface area contributed by atoms with E-state index in [0.717, 1.165) is 61.8 Å². The predicted molar refractivity (Wildman–Crippen MR) is 79.7 cm³/mol. The molecule has 1 spiro atoms. The Bertz CT molecular complexity index is 587. The summed E-state index contributed by atoms with van der Waals surface area (Å²) in [5.41, 5.74) is 6.46. The van der Waals surface area contributed by atoms with Crippen LogP contribution >= 0.6 is 0 Å². The zero-order valence-electron chi connectivity index (χ0n) is 12.0. The smallest absolute Gasteiger partial charge is 0.231 e. The quantitative estimate of drug-likeness (QED) is 0.916. The van der Waals surface area contributed by atoms with Crippen LogP contribution in [-0.4, -0.2) is 43.5 Å². The summed E-state index contributed by atoms with van der Waals surface area (Å²) in [5, 5.41) is 0. The lowest BCUT2D eigenvalue weighted by molar-refractivity contribution is 0.122. The Morgan fingerprint density at radius 2 is 2.05 bits per heavy atom. The van der Waals surface area contributed by atoms with Gasteiger partial charge in [0.1, 0.15) is 11.4 Å². The minimum atomic E-state index is -0.199. The van der Waals surface area contributed by atoms with E-state index in [4.69, 9.17) is 19.9 Å². The molecule has 1 atom stereocenters. The van der Waals surface area contributed by atoms with Crippen molar-refractivity contribution in [3.05, 3.63) is 23.8 Å². The van der Waals surface area contributed by atoms with Crippen LogP contribution in [0.3, 0.4) is 0 Å². The molecule has 0 amide bonds. The molecule has 1 aromatic rings. The standard InChI is InChI=1S/C16H20N2O3/c17-5-1-6-18-7-4-16(10-18)3-2-12-8-14-15(20-11-19-14)9-13(12)21-16/h2-3,8-9H,1,4-7,10-11,17H2. The highest BCUT2D eigenvalue weighted by atomic mass is 16.7. The molecule has 0 bridgehead atoms. The summed E-state index contributed by atoms with van der Waals surface area (Å²) in [7, 11) is 0. The minimum absolute atomic E-state index is 0.199. The molecule has 3 aliphatic rings. The van der Waals surface area contributed by atoms with E-state index < -0.39 is 0 Å². The van der Waals surface area contributed by atoms with Gasteiger partial charge in [-0.3, -0.25) is 4.90 Å². The molecule has 0 aliphatic carbocycles. The maximum Gasteiger partial charge on any atom is 0.231 e. The van der Waals surface area contributed by atoms with Gasteiger partial charge in [-0.2, -0.15) is 0 Å². The lowest BCUT2D eigenvalue weighted by atomic mass is 9.97. The van der Waals surface area contributed by atoms with Crippen molar-refractivity contribution >= 4 is 6.08 Å². The number of fused-ring (bicyclic) bond motifs is 2. The summed E-state index contributed by atoms with van der Waals surface area (Å²) in [5.74, 6) is 2.47. The number of nitrogens with zero attached hydrogens (tertiary/aromatic N) is 1. The molecular weight excluding hydrogens is 268 g/mol. The summed E-state index contributed by atoms with van der Waals surface area (Å²) in [6, 6.07) is 3.94. The van der Waals surface area contributed by atoms with Crippen molar-refractivity contribution in [1.29, 1.82) is 0 Å². The third kappa shape index (κ3) is 2.26. The third-order valence-electron chi connectivity index (χ3n) is 4.41. The van der Waals surface area contributed by atoms with Crippen LogP contribution < -0.4 is 19.9 Å². The topological polar surface area (TPSA) is 57.0 Å². The molecule has 3 heterocycles. The van der Waals surface area contributed by atoms with Crippen molar-refractivity contribution in [3.63, 3.8) is 0 Å². The van der Waals surface area contributed by atoms with Gasteiger partial charge < -0.3 is 19.9 Å². The summed E-state index contributed by atoms with van der Waals surface area (Å²) in [6.07, 6.45) is 6.39. The van der Waals surface area contributed by atoms with Crippen molar-refractivity contribution in [2.75, 3.05) is 33.0 Å². The fourth-order valence-electron chi connectivity index (χ4n) is 3.26. The Kier molecular flexibility index (Phi) is 3.05. The normalized spacial score (nSPS) is 26.1. The number of rotatable bonds is 3. The molecule has 112 valence electrons. The lowest BCUT2D eigenvalue weighted by Gasteiger charge is -2.31. The summed E-state index contributed by atoms with van der Waals surface area (Å²) in [4.78, 5) is 2.43. The van der Waals surface area contributed by atoms with E-state index in [1.807, 2.05) is 12.1 Å². The van der Waals surface area contributed by atoms with Crippen LogP contribution in [0.2, 0.25) is 0 Å². The summed E-state index contributed by atoms with van der Waals surface area (Å²) >= 11 is 0. The predicted octanol–water partition coefficient (Wildman–Crippen LogP) is 1.61. The molecule has 0 radical (unpaired) electrons. The molecule has 0 saturated carbocycles. The summed E-state index contributed by atoms with van der Waals surface area (Å²) in [6.45, 7) is 4.07. The van der Waals surface area contributed by atoms with E-state index in [9.17, 15) is 0 Å². The van der Waals surface area contributed by atoms with Gasteiger partial charge in [-0.25, -0.2) is 0 Å². The molecule has 21 heavy (non-hydrogen) atoms. The minimum Gasteiger partial charge on any atom is -0.481 e. The molecule has 2 N–H and O–H groups in total. The molecule has 0 aromatic heterocycles. The van der Waals surface area contributed by atoms with Gasteiger partial charge in [0.2, 0.25) is 6.79 Å². The Morgan fingerprint density at radius 1 is 1.19 bits per heavy atom. The average Bonchev–Trinajstić information content (AvgIpc) is 3.10. The van der Waals surface area contributed by atoms with Crippen molar-refractivity contribution < 1.29 is 14.2 Å². The monoisotopic (exact) mass is 288 g/mol. The molecule has 5 nitrogen and oxygen atoms in total. The highest BCUT2D eigenvalue weighted by Crippen LogP contribution is 2.43. The SMILES string of the molecule is NCCCN1CCC2(C=Cc3cc4c(cc3O2)OCO4)C1. The number of nitrogens with two attached hydrogens (primary N) is 1. The van der Waals surface area contributed by atoms with Gasteiger partial charge in [-0.05, 0) is 31.7 Å². The maximum atomic E-state index is 6.32. The van der Waals surface area contributed by atoms with Crippen LogP contribution in [0.1, 0.15) is 18.4 Å². The number of benzene rings is 1. The zero-order chi connectivity index (χ0) is 14.3. The second-order valence-electron chi connectivity index (χ2n) is 5.91. The third-order valence-corrected chi connectivity index (χ3v) is 4.41. The highest BCUT2D eigenvalue weighted by molar-refractivity contribution is 5.66. The van der Waals surface area contributed by atoms with E-state index in [-0.39, 0.29) is 5.60 Å². The van der Waals surface area contributed by atoms with E-state index >= 15 is 0 Å². The summed E-state index contributed by atoms with van der Waals surface area (Å²) < 4.78 is 17.2. The Labute approximate surface area is 124 Å². The van der Waals surface area contributed by atoms with E-state index in [2.05, 4.69) is 17.1 Å². The van der Waals surface area contributed by atoms with Crippen LogP contribution in [0.5, 0.6) is 17.2 Å². The fraction of sp³-hybridized carbons (Fsp3) is 0.500. The molecule has 1 unspecified atom stereocenters. The van der Waals surface area contributed by atoms with Crippen molar-refractivity contribution in [2.24, 2.45) is 5.73 Å². The van der Waals surface area contributed by atoms with Crippen LogP contribution in [0.25, 0.3) is 6.08 Å². The molecule has 4 rings (SSSR count). The molecule has 1 aromatic carbocycles. The van der Waals surface area contributed by atoms with Gasteiger partial charge in [-0.15, -0.1) is 0 Å². The molecular formula is C16H20N2O3. The van der Waals surface area contributed by atoms with E-state index in [0.29, 0.717) is 6.79 Å². The van der Waals surface area contributed by atoms with Crippen LogP contribution in [0, 0.1) is 0 Å². The Balaban J connectivity index is 1.55. The van der Waals surface area contributed by atoms with Gasteiger partial charge in [0.25, 0.3) is 0 Å². The van der Waals surface area contributed by atoms with Crippen molar-refractivity contribution in [1.82, 2.24) is 4.90 Å². The Hall–Kier alpha value is -1.72. The first kappa shape index (κ1) is 13.0. The van der Waals surface area contributed by atoms with E-state index in [1.54, 1.807) is 0 Å². The average molecular weight is 288 g/mol. The van der Waals surface area contributed by atoms with Crippen molar-refractivity contribution in [2.45, 2.75) is 18.4 Å². The largest absolute Gasteiger partial charge is 0.481 e. The van der Waals surface area contributed by atoms with Gasteiger partial charge in [0.15, 0.2) is 11.5 Å².